The maximum atomic E-state index is 12.5. The van der Waals surface area contributed by atoms with Crippen LogP contribution in [0.2, 0.25) is 0 Å². The molecular formula is C23H19BrN2O5. The summed E-state index contributed by atoms with van der Waals surface area (Å²) in [4.78, 5) is 24.0. The zero-order valence-corrected chi connectivity index (χ0v) is 18.5. The number of ether oxygens (including phenoxy) is 3. The second-order valence-corrected chi connectivity index (χ2v) is 6.80. The molecule has 0 aliphatic heterocycles. The van der Waals surface area contributed by atoms with E-state index in [1.807, 2.05) is 13.0 Å². The van der Waals surface area contributed by atoms with Gasteiger partial charge in [-0.1, -0.05) is 5.92 Å². The van der Waals surface area contributed by atoms with Crippen molar-refractivity contribution in [1.82, 2.24) is 0 Å². The molecule has 0 atom stereocenters. The number of carbonyl (C=O) groups excluding carboxylic acids is 2. The molecule has 7 nitrogen and oxygen atoms in total. The minimum Gasteiger partial charge on any atom is -0.490 e. The van der Waals surface area contributed by atoms with Crippen LogP contribution in [0.4, 0.5) is 5.69 Å². The van der Waals surface area contributed by atoms with E-state index in [-0.39, 0.29) is 12.2 Å². The summed E-state index contributed by atoms with van der Waals surface area (Å²) in [5.74, 6) is 2.16. The summed E-state index contributed by atoms with van der Waals surface area (Å²) in [6.45, 7) is 2.27. The summed E-state index contributed by atoms with van der Waals surface area (Å²) in [6, 6.07) is 11.3. The molecule has 8 heteroatoms. The van der Waals surface area contributed by atoms with Gasteiger partial charge in [0.2, 0.25) is 0 Å². The van der Waals surface area contributed by atoms with Crippen LogP contribution in [0.25, 0.3) is 6.08 Å². The minimum atomic E-state index is -0.602. The molecule has 1 amide bonds. The third-order valence-electron chi connectivity index (χ3n) is 3.87. The quantitative estimate of drug-likeness (QED) is 0.262. The van der Waals surface area contributed by atoms with E-state index in [1.54, 1.807) is 24.3 Å². The molecule has 2 aromatic carbocycles. The predicted molar refractivity (Wildman–Crippen MR) is 120 cm³/mol. The van der Waals surface area contributed by atoms with E-state index >= 15 is 0 Å². The summed E-state index contributed by atoms with van der Waals surface area (Å²) < 4.78 is 16.3. The van der Waals surface area contributed by atoms with Gasteiger partial charge in [-0.05, 0) is 70.9 Å². The number of methoxy groups -OCH3 is 1. The van der Waals surface area contributed by atoms with E-state index in [9.17, 15) is 14.9 Å². The lowest BCUT2D eigenvalue weighted by Crippen LogP contribution is -2.13. The fourth-order valence-corrected chi connectivity index (χ4v) is 3.08. The highest BCUT2D eigenvalue weighted by atomic mass is 79.9. The van der Waals surface area contributed by atoms with Crippen molar-refractivity contribution in [2.45, 2.75) is 6.92 Å². The van der Waals surface area contributed by atoms with Gasteiger partial charge in [0.05, 0.1) is 23.8 Å². The molecule has 0 saturated heterocycles. The summed E-state index contributed by atoms with van der Waals surface area (Å²) in [5, 5.41) is 12.1. The van der Waals surface area contributed by atoms with E-state index in [1.165, 1.54) is 25.3 Å². The number of halogens is 1. The number of hydrogen-bond donors (Lipinski definition) is 1. The summed E-state index contributed by atoms with van der Waals surface area (Å²) in [5.41, 5.74) is 1.20. The molecule has 0 aliphatic rings. The predicted octanol–water partition coefficient (Wildman–Crippen LogP) is 4.19. The number of anilines is 1. The number of carbonyl (C=O) groups is 2. The van der Waals surface area contributed by atoms with Crippen LogP contribution in [-0.2, 0) is 9.53 Å². The fourth-order valence-electron chi connectivity index (χ4n) is 2.51. The van der Waals surface area contributed by atoms with Crippen LogP contribution in [0, 0.1) is 23.7 Å². The third-order valence-corrected chi connectivity index (χ3v) is 4.46. The molecule has 0 aromatic heterocycles. The summed E-state index contributed by atoms with van der Waals surface area (Å²) in [6.07, 6.45) is 6.67. The van der Waals surface area contributed by atoms with E-state index in [2.05, 4.69) is 31.9 Å². The number of hydrogen-bond acceptors (Lipinski definition) is 6. The molecule has 0 heterocycles. The normalized spacial score (nSPS) is 10.4. The lowest BCUT2D eigenvalue weighted by molar-refractivity contribution is -0.112. The van der Waals surface area contributed by atoms with E-state index < -0.39 is 11.9 Å². The van der Waals surface area contributed by atoms with Gasteiger partial charge in [-0.3, -0.25) is 4.79 Å². The van der Waals surface area contributed by atoms with Crippen molar-refractivity contribution < 1.29 is 23.8 Å². The van der Waals surface area contributed by atoms with Crippen molar-refractivity contribution in [3.05, 3.63) is 57.6 Å². The highest BCUT2D eigenvalue weighted by molar-refractivity contribution is 9.10. The second-order valence-electron chi connectivity index (χ2n) is 5.95. The lowest BCUT2D eigenvalue weighted by Gasteiger charge is -2.13. The van der Waals surface area contributed by atoms with Gasteiger partial charge in [0, 0.05) is 5.69 Å². The fraction of sp³-hybridized carbons (Fsp3) is 0.174. The van der Waals surface area contributed by atoms with E-state index in [4.69, 9.17) is 15.9 Å². The Hall–Kier alpha value is -3.75. The van der Waals surface area contributed by atoms with E-state index in [0.29, 0.717) is 39.4 Å². The Morgan fingerprint density at radius 1 is 1.23 bits per heavy atom. The topological polar surface area (TPSA) is 97.7 Å². The largest absolute Gasteiger partial charge is 0.490 e. The SMILES string of the molecule is C#CCOc1c(Br)cc(/C=C(\C#N)C(=O)Nc2ccc(C(=O)OC)cc2)cc1OCC. The van der Waals surface area contributed by atoms with Gasteiger partial charge >= 0.3 is 5.97 Å². The Morgan fingerprint density at radius 3 is 2.52 bits per heavy atom. The van der Waals surface area contributed by atoms with Gasteiger partial charge in [-0.25, -0.2) is 4.79 Å². The number of nitriles is 1. The van der Waals surface area contributed by atoms with Crippen LogP contribution < -0.4 is 14.8 Å². The Labute approximate surface area is 188 Å². The van der Waals surface area contributed by atoms with Crippen LogP contribution in [0.3, 0.4) is 0 Å². The van der Waals surface area contributed by atoms with Gasteiger partial charge in [-0.2, -0.15) is 5.26 Å². The monoisotopic (exact) mass is 482 g/mol. The standard InChI is InChI=1S/C23H19BrN2O5/c1-4-10-31-21-19(24)12-15(13-20(21)30-5-2)11-17(14-25)22(27)26-18-8-6-16(7-9-18)23(28)29-3/h1,6-9,11-13H,5,10H2,2-3H3,(H,26,27)/b17-11+. The Kier molecular flexibility index (Phi) is 8.68. The average molecular weight is 483 g/mol. The number of rotatable bonds is 8. The average Bonchev–Trinajstić information content (AvgIpc) is 2.77. The van der Waals surface area contributed by atoms with Crippen molar-refractivity contribution >= 4 is 39.6 Å². The number of amides is 1. The molecule has 0 aliphatic carbocycles. The number of nitrogens with one attached hydrogen (secondary N) is 1. The summed E-state index contributed by atoms with van der Waals surface area (Å²) >= 11 is 3.40. The molecule has 0 spiro atoms. The number of terminal acetylenes is 1. The first-order valence-corrected chi connectivity index (χ1v) is 9.86. The first-order chi connectivity index (χ1) is 14.9. The molecule has 0 unspecified atom stereocenters. The van der Waals surface area contributed by atoms with Crippen LogP contribution >= 0.6 is 15.9 Å². The highest BCUT2D eigenvalue weighted by Crippen LogP contribution is 2.37. The van der Waals surface area contributed by atoms with Crippen LogP contribution in [0.5, 0.6) is 11.5 Å². The van der Waals surface area contributed by atoms with Crippen molar-refractivity contribution in [3.63, 3.8) is 0 Å². The summed E-state index contributed by atoms with van der Waals surface area (Å²) in [7, 11) is 1.28. The molecular weight excluding hydrogens is 464 g/mol. The van der Waals surface area contributed by atoms with E-state index in [0.717, 1.165) is 0 Å². The van der Waals surface area contributed by atoms with Crippen molar-refractivity contribution in [2.24, 2.45) is 0 Å². The Morgan fingerprint density at radius 2 is 1.94 bits per heavy atom. The first-order valence-electron chi connectivity index (χ1n) is 9.07. The van der Waals surface area contributed by atoms with Gasteiger partial charge in [0.1, 0.15) is 18.2 Å². The second kappa shape index (κ2) is 11.4. The van der Waals surface area contributed by atoms with Crippen molar-refractivity contribution in [1.29, 1.82) is 5.26 Å². The van der Waals surface area contributed by atoms with Crippen molar-refractivity contribution in [3.8, 4) is 29.9 Å². The van der Waals surface area contributed by atoms with Crippen molar-refractivity contribution in [2.75, 3.05) is 25.6 Å². The number of nitrogens with zero attached hydrogens (tertiary/aromatic N) is 1. The highest BCUT2D eigenvalue weighted by Gasteiger charge is 2.15. The maximum absolute atomic E-state index is 12.5. The minimum absolute atomic E-state index is 0.0640. The molecule has 158 valence electrons. The number of esters is 1. The van der Waals surface area contributed by atoms with Gasteiger partial charge < -0.3 is 19.5 Å². The Bertz CT molecular complexity index is 1080. The maximum Gasteiger partial charge on any atom is 0.337 e. The van der Waals surface area contributed by atoms with Crippen LogP contribution in [0.1, 0.15) is 22.8 Å². The molecule has 0 saturated carbocycles. The number of benzene rings is 2. The zero-order chi connectivity index (χ0) is 22.8. The van der Waals surface area contributed by atoms with Gasteiger partial charge in [-0.15, -0.1) is 6.42 Å². The third kappa shape index (κ3) is 6.36. The van der Waals surface area contributed by atoms with Crippen LogP contribution in [0.15, 0.2) is 46.4 Å². The lowest BCUT2D eigenvalue weighted by atomic mass is 10.1. The molecule has 31 heavy (non-hydrogen) atoms. The van der Waals surface area contributed by atoms with Gasteiger partial charge in [0.15, 0.2) is 11.5 Å². The molecule has 2 aromatic rings. The molecule has 2 rings (SSSR count). The van der Waals surface area contributed by atoms with Crippen LogP contribution in [-0.4, -0.2) is 32.2 Å². The molecule has 1 N–H and O–H groups in total. The smallest absolute Gasteiger partial charge is 0.337 e. The molecule has 0 bridgehead atoms. The first kappa shape index (κ1) is 23.5. The zero-order valence-electron chi connectivity index (χ0n) is 16.9. The Balaban J connectivity index is 2.27. The van der Waals surface area contributed by atoms with Gasteiger partial charge in [0.25, 0.3) is 5.91 Å². The molecule has 0 radical (unpaired) electrons. The molecule has 0 fully saturated rings.